The number of hydrogen-bond acceptors (Lipinski definition) is 4. The van der Waals surface area contributed by atoms with Crippen LogP contribution in [0, 0.1) is 0 Å². The number of nitrogens with zero attached hydrogens (tertiary/aromatic N) is 3. The Labute approximate surface area is 162 Å². The summed E-state index contributed by atoms with van der Waals surface area (Å²) in [5.74, 6) is 0.267. The Kier molecular flexibility index (Phi) is 6.85. The molecule has 2 N–H and O–H groups in total. The first-order chi connectivity index (χ1) is 13.1. The van der Waals surface area contributed by atoms with E-state index in [1.807, 2.05) is 41.1 Å². The highest BCUT2D eigenvalue weighted by Gasteiger charge is 2.26. The van der Waals surface area contributed by atoms with E-state index in [-0.39, 0.29) is 11.8 Å². The molecule has 1 aliphatic heterocycles. The second-order valence-electron chi connectivity index (χ2n) is 7.77. The molecule has 2 fully saturated rings. The Morgan fingerprint density at radius 2 is 1.67 bits per heavy atom. The molecule has 3 rings (SSSR count). The second kappa shape index (κ2) is 9.33. The van der Waals surface area contributed by atoms with Crippen LogP contribution in [0.1, 0.15) is 48.0 Å². The molecule has 0 aromatic heterocycles. The first kappa shape index (κ1) is 19.8. The standard InChI is InChI=1S/C21H32N4O2/c1-23(19-5-3-2-4-6-19)20(26)16-24-11-13-25(14-12-24)21(27)18-9-7-17(15-22)8-10-18/h7-10,19H,2-6,11-16,22H2,1H3. The second-order valence-corrected chi connectivity index (χ2v) is 7.77. The number of hydrogen-bond donors (Lipinski definition) is 1. The van der Waals surface area contributed by atoms with Crippen LogP contribution in [-0.4, -0.2) is 72.3 Å². The monoisotopic (exact) mass is 372 g/mol. The number of rotatable bonds is 5. The number of amides is 2. The molecule has 0 spiro atoms. The third kappa shape index (κ3) is 5.08. The van der Waals surface area contributed by atoms with Crippen molar-refractivity contribution in [2.45, 2.75) is 44.7 Å². The van der Waals surface area contributed by atoms with E-state index >= 15 is 0 Å². The molecule has 1 aliphatic carbocycles. The maximum Gasteiger partial charge on any atom is 0.253 e. The zero-order valence-electron chi connectivity index (χ0n) is 16.4. The molecule has 2 aliphatic rings. The summed E-state index contributed by atoms with van der Waals surface area (Å²) in [4.78, 5) is 31.2. The fraction of sp³-hybridized carbons (Fsp3) is 0.619. The van der Waals surface area contributed by atoms with E-state index < -0.39 is 0 Å². The van der Waals surface area contributed by atoms with Gasteiger partial charge in [0.25, 0.3) is 5.91 Å². The summed E-state index contributed by atoms with van der Waals surface area (Å²) < 4.78 is 0. The Balaban J connectivity index is 1.46. The van der Waals surface area contributed by atoms with Crippen LogP contribution in [0.4, 0.5) is 0 Å². The van der Waals surface area contributed by atoms with Crippen LogP contribution in [0.25, 0.3) is 0 Å². The van der Waals surface area contributed by atoms with Crippen molar-refractivity contribution in [3.8, 4) is 0 Å². The molecule has 0 radical (unpaired) electrons. The lowest BCUT2D eigenvalue weighted by atomic mass is 9.94. The zero-order chi connectivity index (χ0) is 19.2. The van der Waals surface area contributed by atoms with Gasteiger partial charge >= 0.3 is 0 Å². The van der Waals surface area contributed by atoms with Crippen LogP contribution < -0.4 is 5.73 Å². The van der Waals surface area contributed by atoms with E-state index in [0.29, 0.717) is 37.8 Å². The Morgan fingerprint density at radius 3 is 2.26 bits per heavy atom. The molecule has 6 nitrogen and oxygen atoms in total. The first-order valence-electron chi connectivity index (χ1n) is 10.1. The molecule has 27 heavy (non-hydrogen) atoms. The van der Waals surface area contributed by atoms with Crippen molar-refractivity contribution < 1.29 is 9.59 Å². The van der Waals surface area contributed by atoms with Crippen LogP contribution in [0.2, 0.25) is 0 Å². The van der Waals surface area contributed by atoms with E-state index in [2.05, 4.69) is 4.90 Å². The van der Waals surface area contributed by atoms with Crippen LogP contribution in [0.5, 0.6) is 0 Å². The number of likely N-dealkylation sites (N-methyl/N-ethyl adjacent to an activating group) is 1. The maximum atomic E-state index is 12.6. The average Bonchev–Trinajstić information content (AvgIpc) is 2.74. The summed E-state index contributed by atoms with van der Waals surface area (Å²) in [5.41, 5.74) is 7.34. The van der Waals surface area contributed by atoms with E-state index in [9.17, 15) is 9.59 Å². The fourth-order valence-corrected chi connectivity index (χ4v) is 4.05. The fourth-order valence-electron chi connectivity index (χ4n) is 4.05. The van der Waals surface area contributed by atoms with Gasteiger partial charge in [-0.05, 0) is 30.5 Å². The van der Waals surface area contributed by atoms with Gasteiger partial charge in [-0.3, -0.25) is 14.5 Å². The molecule has 1 aromatic rings. The molecular formula is C21H32N4O2. The van der Waals surface area contributed by atoms with Gasteiger partial charge in [-0.1, -0.05) is 31.4 Å². The third-order valence-electron chi connectivity index (χ3n) is 5.97. The normalized spacial score (nSPS) is 19.1. The van der Waals surface area contributed by atoms with Crippen LogP contribution in [0.15, 0.2) is 24.3 Å². The van der Waals surface area contributed by atoms with Gasteiger partial charge in [0.05, 0.1) is 6.54 Å². The van der Waals surface area contributed by atoms with Gasteiger partial charge < -0.3 is 15.5 Å². The van der Waals surface area contributed by atoms with Crippen molar-refractivity contribution in [1.29, 1.82) is 0 Å². The van der Waals surface area contributed by atoms with E-state index in [4.69, 9.17) is 5.73 Å². The highest BCUT2D eigenvalue weighted by molar-refractivity contribution is 5.94. The molecule has 1 saturated carbocycles. The molecule has 2 amide bonds. The van der Waals surface area contributed by atoms with Crippen molar-refractivity contribution in [3.63, 3.8) is 0 Å². The van der Waals surface area contributed by atoms with Crippen molar-refractivity contribution in [2.75, 3.05) is 39.8 Å². The predicted octanol–water partition coefficient (Wildman–Crippen LogP) is 1.69. The van der Waals surface area contributed by atoms with Gasteiger partial charge in [0.15, 0.2) is 0 Å². The predicted molar refractivity (Wildman–Crippen MR) is 106 cm³/mol. The molecule has 1 heterocycles. The quantitative estimate of drug-likeness (QED) is 0.854. The minimum Gasteiger partial charge on any atom is -0.342 e. The number of carbonyl (C=O) groups excluding carboxylic acids is 2. The molecular weight excluding hydrogens is 340 g/mol. The van der Waals surface area contributed by atoms with E-state index in [1.54, 1.807) is 0 Å². The molecule has 0 bridgehead atoms. The minimum absolute atomic E-state index is 0.0591. The van der Waals surface area contributed by atoms with Gasteiger partial charge in [-0.25, -0.2) is 0 Å². The highest BCUT2D eigenvalue weighted by Crippen LogP contribution is 2.22. The van der Waals surface area contributed by atoms with Crippen molar-refractivity contribution in [2.24, 2.45) is 5.73 Å². The zero-order valence-corrected chi connectivity index (χ0v) is 16.4. The summed E-state index contributed by atoms with van der Waals surface area (Å²) in [5, 5.41) is 0. The van der Waals surface area contributed by atoms with Gasteiger partial charge in [-0.2, -0.15) is 0 Å². The summed E-state index contributed by atoms with van der Waals surface area (Å²) in [6.07, 6.45) is 6.02. The van der Waals surface area contributed by atoms with Gasteiger partial charge in [0, 0.05) is 51.4 Å². The highest BCUT2D eigenvalue weighted by atomic mass is 16.2. The number of piperazine rings is 1. The summed E-state index contributed by atoms with van der Waals surface area (Å²) >= 11 is 0. The lowest BCUT2D eigenvalue weighted by Gasteiger charge is -2.37. The molecule has 0 unspecified atom stereocenters. The van der Waals surface area contributed by atoms with E-state index in [0.717, 1.165) is 31.5 Å². The smallest absolute Gasteiger partial charge is 0.253 e. The van der Waals surface area contributed by atoms with Crippen molar-refractivity contribution in [3.05, 3.63) is 35.4 Å². The van der Waals surface area contributed by atoms with Crippen LogP contribution in [-0.2, 0) is 11.3 Å². The molecule has 148 valence electrons. The molecule has 0 atom stereocenters. The third-order valence-corrected chi connectivity index (χ3v) is 5.97. The van der Waals surface area contributed by atoms with Gasteiger partial charge in [0.1, 0.15) is 0 Å². The topological polar surface area (TPSA) is 69.9 Å². The minimum atomic E-state index is 0.0591. The number of benzene rings is 1. The molecule has 6 heteroatoms. The van der Waals surface area contributed by atoms with Gasteiger partial charge in [0.2, 0.25) is 5.91 Å². The van der Waals surface area contributed by atoms with E-state index in [1.165, 1.54) is 19.3 Å². The summed E-state index contributed by atoms with van der Waals surface area (Å²) in [7, 11) is 1.95. The van der Waals surface area contributed by atoms with Crippen LogP contribution >= 0.6 is 0 Å². The maximum absolute atomic E-state index is 12.6. The molecule has 1 aromatic carbocycles. The Bertz CT molecular complexity index is 632. The lowest BCUT2D eigenvalue weighted by molar-refractivity contribution is -0.134. The van der Waals surface area contributed by atoms with Crippen LogP contribution in [0.3, 0.4) is 0 Å². The largest absolute Gasteiger partial charge is 0.342 e. The van der Waals surface area contributed by atoms with Crippen molar-refractivity contribution in [1.82, 2.24) is 14.7 Å². The SMILES string of the molecule is CN(C(=O)CN1CCN(C(=O)c2ccc(CN)cc2)CC1)C1CCCCC1. The lowest BCUT2D eigenvalue weighted by Crippen LogP contribution is -2.52. The summed E-state index contributed by atoms with van der Waals surface area (Å²) in [6, 6.07) is 7.91. The Hall–Kier alpha value is -1.92. The summed E-state index contributed by atoms with van der Waals surface area (Å²) in [6.45, 7) is 3.76. The average molecular weight is 373 g/mol. The number of carbonyl (C=O) groups is 2. The van der Waals surface area contributed by atoms with Gasteiger partial charge in [-0.15, -0.1) is 0 Å². The Morgan fingerprint density at radius 1 is 1.04 bits per heavy atom. The first-order valence-corrected chi connectivity index (χ1v) is 10.1. The number of nitrogens with two attached hydrogens (primary N) is 1. The van der Waals surface area contributed by atoms with Crippen molar-refractivity contribution >= 4 is 11.8 Å². The molecule has 1 saturated heterocycles.